The van der Waals surface area contributed by atoms with Gasteiger partial charge in [-0.1, -0.05) is 112 Å². The number of rotatable bonds is 12. The zero-order chi connectivity index (χ0) is 88.9. The summed E-state index contributed by atoms with van der Waals surface area (Å²) in [6.45, 7) is 25.2. The summed E-state index contributed by atoms with van der Waals surface area (Å²) in [6.07, 6.45) is 13.0. The molecule has 1 atom stereocenters. The van der Waals surface area contributed by atoms with Gasteiger partial charge in [0, 0.05) is 152 Å². The van der Waals surface area contributed by atoms with Gasteiger partial charge in [0.25, 0.3) is 29.5 Å². The van der Waals surface area contributed by atoms with E-state index in [1.165, 1.54) is 11.8 Å². The molecule has 30 nitrogen and oxygen atoms in total. The number of likely N-dealkylation sites (tertiary alicyclic amines) is 2. The Morgan fingerprint density at radius 2 is 0.906 bits per heavy atom. The Morgan fingerprint density at radius 3 is 1.50 bits per heavy atom. The Hall–Kier alpha value is -16.1. The number of benzene rings is 7. The van der Waals surface area contributed by atoms with Gasteiger partial charge in [-0.15, -0.1) is 0 Å². The number of carbonyl (C=O) groups is 9. The zero-order valence-electron chi connectivity index (χ0n) is 70.4. The molecule has 127 heavy (non-hydrogen) atoms. The van der Waals surface area contributed by atoms with Gasteiger partial charge in [0.15, 0.2) is 5.82 Å². The van der Waals surface area contributed by atoms with E-state index < -0.39 is 0 Å². The number of para-hydroxylation sites is 3. The molecule has 7 aromatic carbocycles. The molecule has 11 aromatic rings. The van der Waals surface area contributed by atoms with Crippen LogP contribution in [0.3, 0.4) is 0 Å². The Morgan fingerprint density at radius 1 is 0.417 bits per heavy atom. The largest absolute Gasteiger partial charge is 0.463 e. The van der Waals surface area contributed by atoms with Gasteiger partial charge in [-0.3, -0.25) is 43.2 Å². The minimum atomic E-state index is -0.199. The van der Waals surface area contributed by atoms with Gasteiger partial charge in [-0.25, -0.2) is 15.0 Å². The minimum Gasteiger partial charge on any atom is -0.463 e. The highest BCUT2D eigenvalue weighted by molar-refractivity contribution is 6.13. The lowest BCUT2D eigenvalue weighted by molar-refractivity contribution is -0.130. The number of hydrogen-bond donors (Lipinski definition) is 14. The molecular weight excluding hydrogens is 1610 g/mol. The van der Waals surface area contributed by atoms with Crippen molar-refractivity contribution in [2.45, 2.75) is 89.6 Å². The van der Waals surface area contributed by atoms with Crippen LogP contribution in [0.25, 0.3) is 11.0 Å². The van der Waals surface area contributed by atoms with Gasteiger partial charge in [0.2, 0.25) is 23.6 Å². The fourth-order valence-electron chi connectivity index (χ4n) is 15.8. The molecule has 8 aliphatic heterocycles. The van der Waals surface area contributed by atoms with Crippen LogP contribution in [-0.4, -0.2) is 123 Å². The zero-order valence-corrected chi connectivity index (χ0v) is 70.4. The number of hydrogen-bond acceptors (Lipinski definition) is 21. The molecule has 20 rings (SSSR count). The van der Waals surface area contributed by atoms with Gasteiger partial charge in [0.1, 0.15) is 40.9 Å². The summed E-state index contributed by atoms with van der Waals surface area (Å²) in [7, 11) is 1.88. The lowest BCUT2D eigenvalue weighted by Gasteiger charge is -2.31. The summed E-state index contributed by atoms with van der Waals surface area (Å²) in [5.41, 5.74) is 18.9. The van der Waals surface area contributed by atoms with Crippen molar-refractivity contribution < 1.29 is 47.6 Å². The molecule has 1 unspecified atom stereocenters. The molecule has 9 aliphatic rings. The molecule has 0 spiro atoms. The number of carbonyl (C=O) groups excluding carboxylic acids is 9. The van der Waals surface area contributed by atoms with E-state index in [4.69, 9.17) is 4.42 Å². The summed E-state index contributed by atoms with van der Waals surface area (Å²) in [5, 5.41) is 42.8. The molecule has 0 bridgehead atoms. The van der Waals surface area contributed by atoms with Crippen LogP contribution >= 0.6 is 0 Å². The number of furan rings is 1. The van der Waals surface area contributed by atoms with Crippen molar-refractivity contribution in [3.63, 3.8) is 0 Å². The van der Waals surface area contributed by atoms with Gasteiger partial charge < -0.3 is 93.6 Å². The van der Waals surface area contributed by atoms with Crippen molar-refractivity contribution in [1.82, 2.24) is 35.4 Å². The lowest BCUT2D eigenvalue weighted by Crippen LogP contribution is -2.46. The van der Waals surface area contributed by atoms with Crippen LogP contribution < -0.4 is 79.3 Å². The first-order valence-electron chi connectivity index (χ1n) is 41.6. The SMILES string of the molecule is C=C1Cc2cc(C(=O)NC3CCN(C(C)=O)CC3)cnc2N1.C=C1Cc2cc(C(=O)Nc3ccccc3)cnc2N1.C=C1Nc2ccc(C(=O)NC3CCN(C(C)=O)CC3)cc2N1.C=C1Nc2ccc(NC(=O)c3coc4ccccc34)cc2N1.C=C1Nc2ncc(C(=O)Nc3ccccc3)cc2N1C.O=C1Cc2cc(NC(=O)C3CCc4ccccc43)ccc2N1. The number of allylic oxidation sites excluding steroid dienone is 2. The molecule has 1 aliphatic carbocycles. The van der Waals surface area contributed by atoms with Crippen molar-refractivity contribution in [3.05, 3.63) is 324 Å². The quantitative estimate of drug-likeness (QED) is 0.0540. The third-order valence-corrected chi connectivity index (χ3v) is 22.5. The van der Waals surface area contributed by atoms with Crippen LogP contribution in [0.1, 0.15) is 131 Å². The van der Waals surface area contributed by atoms with Crippen LogP contribution in [0.2, 0.25) is 0 Å². The number of nitrogens with one attached hydrogen (secondary N) is 14. The molecule has 9 amide bonds. The maximum absolute atomic E-state index is 12.5. The average Bonchev–Trinajstić information content (AvgIpc) is 1.71. The van der Waals surface area contributed by atoms with E-state index in [9.17, 15) is 43.2 Å². The molecule has 30 heteroatoms. The van der Waals surface area contributed by atoms with Crippen molar-refractivity contribution in [2.24, 2.45) is 0 Å². The highest BCUT2D eigenvalue weighted by Gasteiger charge is 2.31. The topological polar surface area (TPSA) is 384 Å². The van der Waals surface area contributed by atoms with E-state index in [1.807, 2.05) is 186 Å². The van der Waals surface area contributed by atoms with E-state index >= 15 is 0 Å². The van der Waals surface area contributed by atoms with Crippen LogP contribution in [0.4, 0.5) is 74.3 Å². The second kappa shape index (κ2) is 38.5. The Balaban J connectivity index is 0.000000118. The Bertz CT molecular complexity index is 6100. The molecule has 14 N–H and O–H groups in total. The van der Waals surface area contributed by atoms with Crippen molar-refractivity contribution in [1.29, 1.82) is 0 Å². The first kappa shape index (κ1) is 85.8. The summed E-state index contributed by atoms with van der Waals surface area (Å²) >= 11 is 0. The first-order valence-corrected chi connectivity index (χ1v) is 41.6. The van der Waals surface area contributed by atoms with Gasteiger partial charge in [0.05, 0.1) is 63.0 Å². The number of amides is 9. The van der Waals surface area contributed by atoms with Crippen LogP contribution in [0, 0.1) is 0 Å². The molecule has 644 valence electrons. The Labute approximate surface area is 733 Å². The van der Waals surface area contributed by atoms with Crippen LogP contribution in [0.5, 0.6) is 0 Å². The Kier molecular flexibility index (Phi) is 26.0. The smallest absolute Gasteiger partial charge is 0.259 e. The number of anilines is 13. The fraction of sp³-hybridized carbons (Fsp3) is 0.196. The van der Waals surface area contributed by atoms with Gasteiger partial charge in [-0.05, 0) is 158 Å². The summed E-state index contributed by atoms with van der Waals surface area (Å²) in [6, 6.07) is 56.7. The second-order valence-electron chi connectivity index (χ2n) is 31.6. The van der Waals surface area contributed by atoms with Crippen molar-refractivity contribution in [3.8, 4) is 0 Å². The summed E-state index contributed by atoms with van der Waals surface area (Å²) in [4.78, 5) is 126. The molecular formula is C97H96N20O10. The third-order valence-electron chi connectivity index (χ3n) is 22.5. The molecule has 12 heterocycles. The predicted octanol–water partition coefficient (Wildman–Crippen LogP) is 15.4. The van der Waals surface area contributed by atoms with Crippen LogP contribution in [-0.2, 0) is 44.9 Å². The maximum atomic E-state index is 12.5. The molecule has 0 saturated carbocycles. The number of pyridine rings is 3. The van der Waals surface area contributed by atoms with Crippen molar-refractivity contribution >= 4 is 138 Å². The van der Waals surface area contributed by atoms with Gasteiger partial charge in [-0.2, -0.15) is 0 Å². The number of piperidine rings is 2. The summed E-state index contributed by atoms with van der Waals surface area (Å²) < 4.78 is 5.40. The van der Waals surface area contributed by atoms with E-state index in [0.29, 0.717) is 89.7 Å². The number of fused-ring (bicyclic) bond motifs is 8. The monoisotopic (exact) mass is 1700 g/mol. The van der Waals surface area contributed by atoms with Crippen molar-refractivity contribution in [2.75, 3.05) is 102 Å². The number of aryl methyl sites for hydroxylation is 1. The third kappa shape index (κ3) is 21.1. The van der Waals surface area contributed by atoms with E-state index in [1.54, 1.807) is 44.6 Å². The molecule has 4 aromatic heterocycles. The second-order valence-corrected chi connectivity index (χ2v) is 31.6. The number of nitrogens with zero attached hydrogens (tertiary/aromatic N) is 6. The van der Waals surface area contributed by atoms with E-state index in [2.05, 4.69) is 128 Å². The van der Waals surface area contributed by atoms with Crippen LogP contribution in [0.15, 0.2) is 273 Å². The number of aromatic nitrogens is 3. The van der Waals surface area contributed by atoms with E-state index in [0.717, 1.165) is 158 Å². The standard InChI is InChI=1S/C18H16N2O2.C17H13N3O2.2C16H20N4O2.C15H14N4O.C15H13N3O/c21-17-10-12-9-13(6-8-16(12)20-17)19-18(22)15-7-5-11-3-1-2-4-14(11)15;1-10-18-14-7-6-11(8-15(14)19-10)20-17(21)13-9-22-16-5-3-2-4-12(13)16;1-10-7-12-8-13(9-17-15(12)18-10)16(22)19-14-3-5-20(6-4-14)11(2)21;1-10-17-14-4-3-12(9-15(14)18-10)16(22)19-13-5-7-20(8-6-13)11(2)21;1-10-17-14-13(19(10)2)8-11(9-16-14)15(20)18-12-6-4-3-5-7-12;1-10-7-11-8-12(9-16-14(11)17-10)15(19)18-13-5-3-2-4-6-13/h1-4,6,8-9,15H,5,7,10H2,(H,19,22)(H,20,21);2-9,18-19H,1H2,(H,20,21);8-9,14H,1,3-7H2,2H3,(H,17,18)(H,19,22);3-4,9,13,17-18H,1,5-8H2,2H3,(H,19,22);3-9H,1H2,2H3,(H,16,17)(H,18,20);2-6,8-9H,1,7H2,(H,16,17)(H,18,19). The molecule has 2 saturated heterocycles. The highest BCUT2D eigenvalue weighted by atomic mass is 16.3. The fourth-order valence-corrected chi connectivity index (χ4v) is 15.8. The maximum Gasteiger partial charge on any atom is 0.259 e. The predicted molar refractivity (Wildman–Crippen MR) is 496 cm³/mol. The highest BCUT2D eigenvalue weighted by Crippen LogP contribution is 2.38. The lowest BCUT2D eigenvalue weighted by atomic mass is 10.0. The normalized spacial score (nSPS) is 15.5. The minimum absolute atomic E-state index is 0.00296. The van der Waals surface area contributed by atoms with E-state index in [-0.39, 0.29) is 71.2 Å². The first-order chi connectivity index (χ1) is 61.3. The summed E-state index contributed by atoms with van der Waals surface area (Å²) in [5.74, 6) is 3.91. The molecule has 0 radical (unpaired) electrons. The average molecular weight is 1700 g/mol. The van der Waals surface area contributed by atoms with Gasteiger partial charge >= 0.3 is 0 Å². The molecule has 2 fully saturated rings.